The van der Waals surface area contributed by atoms with Crippen molar-refractivity contribution in [2.75, 3.05) is 38.2 Å². The highest BCUT2D eigenvalue weighted by molar-refractivity contribution is 7.22. The van der Waals surface area contributed by atoms with Crippen molar-refractivity contribution < 1.29 is 13.9 Å². The number of anilines is 1. The van der Waals surface area contributed by atoms with Gasteiger partial charge in [-0.25, -0.2) is 9.78 Å². The van der Waals surface area contributed by atoms with Crippen LogP contribution in [0.4, 0.5) is 5.13 Å². The topological polar surface area (TPSA) is 75.9 Å². The number of methoxy groups -OCH3 is 1. The van der Waals surface area contributed by atoms with E-state index in [1.54, 1.807) is 41.5 Å². The van der Waals surface area contributed by atoms with E-state index in [-0.39, 0.29) is 11.5 Å². The predicted molar refractivity (Wildman–Crippen MR) is 117 cm³/mol. The number of benzene rings is 2. The van der Waals surface area contributed by atoms with Crippen LogP contribution >= 0.6 is 11.3 Å². The van der Waals surface area contributed by atoms with E-state index in [1.165, 1.54) is 0 Å². The van der Waals surface area contributed by atoms with Gasteiger partial charge in [0.25, 0.3) is 5.91 Å². The number of carbonyl (C=O) groups excluding carboxylic acids is 1. The Morgan fingerprint density at radius 2 is 1.90 bits per heavy atom. The van der Waals surface area contributed by atoms with Crippen LogP contribution in [0.25, 0.3) is 21.2 Å². The maximum absolute atomic E-state index is 12.9. The number of nitrogens with zero attached hydrogens (tertiary/aromatic N) is 3. The molecule has 2 aromatic carbocycles. The van der Waals surface area contributed by atoms with Gasteiger partial charge in [-0.05, 0) is 30.3 Å². The quantitative estimate of drug-likeness (QED) is 0.472. The number of aromatic nitrogens is 1. The molecule has 5 rings (SSSR count). The molecular weight excluding hydrogens is 402 g/mol. The monoisotopic (exact) mass is 421 g/mol. The minimum Gasteiger partial charge on any atom is -0.497 e. The van der Waals surface area contributed by atoms with Crippen molar-refractivity contribution in [3.63, 3.8) is 0 Å². The van der Waals surface area contributed by atoms with Gasteiger partial charge in [0.15, 0.2) is 5.13 Å². The van der Waals surface area contributed by atoms with E-state index in [0.29, 0.717) is 31.8 Å². The zero-order chi connectivity index (χ0) is 20.7. The highest BCUT2D eigenvalue weighted by Gasteiger charge is 2.26. The molecule has 7 nitrogen and oxygen atoms in total. The third-order valence-electron chi connectivity index (χ3n) is 5.29. The number of piperazine rings is 1. The van der Waals surface area contributed by atoms with Crippen LogP contribution in [0, 0.1) is 0 Å². The van der Waals surface area contributed by atoms with Gasteiger partial charge in [-0.1, -0.05) is 29.5 Å². The molecule has 4 aromatic rings. The van der Waals surface area contributed by atoms with Crippen LogP contribution in [0.1, 0.15) is 10.4 Å². The van der Waals surface area contributed by atoms with Gasteiger partial charge < -0.3 is 19.0 Å². The molecule has 0 saturated carbocycles. The van der Waals surface area contributed by atoms with Gasteiger partial charge in [-0.15, -0.1) is 0 Å². The molecule has 1 aliphatic rings. The third kappa shape index (κ3) is 3.29. The molecule has 0 bridgehead atoms. The van der Waals surface area contributed by atoms with Crippen LogP contribution in [0.15, 0.2) is 57.7 Å². The van der Waals surface area contributed by atoms with Crippen LogP contribution in [-0.4, -0.2) is 49.1 Å². The third-order valence-corrected chi connectivity index (χ3v) is 6.37. The molecule has 0 radical (unpaired) electrons. The second-order valence-electron chi connectivity index (χ2n) is 7.09. The standard InChI is InChI=1S/C22H19N3O4S/c1-28-15-6-7-17-19(13-15)30-22(23-17)25-10-8-24(9-11-25)20(26)16-12-14-4-2-3-5-18(14)29-21(16)27/h2-7,12-13H,8-11H2,1H3. The van der Waals surface area contributed by atoms with Crippen LogP contribution in [0.2, 0.25) is 0 Å². The van der Waals surface area contributed by atoms with Crippen molar-refractivity contribution in [3.05, 3.63) is 64.5 Å². The summed E-state index contributed by atoms with van der Waals surface area (Å²) < 4.78 is 11.7. The second-order valence-corrected chi connectivity index (χ2v) is 8.10. The van der Waals surface area contributed by atoms with Gasteiger partial charge >= 0.3 is 5.63 Å². The fourth-order valence-electron chi connectivity index (χ4n) is 3.64. The Hall–Kier alpha value is -3.39. The maximum Gasteiger partial charge on any atom is 0.349 e. The summed E-state index contributed by atoms with van der Waals surface area (Å²) >= 11 is 1.61. The summed E-state index contributed by atoms with van der Waals surface area (Å²) in [4.78, 5) is 33.8. The van der Waals surface area contributed by atoms with E-state index < -0.39 is 5.63 Å². The second kappa shape index (κ2) is 7.46. The van der Waals surface area contributed by atoms with E-state index in [9.17, 15) is 9.59 Å². The van der Waals surface area contributed by atoms with Gasteiger partial charge in [0, 0.05) is 31.6 Å². The Morgan fingerprint density at radius 1 is 1.10 bits per heavy atom. The first-order chi connectivity index (χ1) is 14.6. The summed E-state index contributed by atoms with van der Waals surface area (Å²) in [5, 5.41) is 1.67. The lowest BCUT2D eigenvalue weighted by Gasteiger charge is -2.34. The lowest BCUT2D eigenvalue weighted by atomic mass is 10.1. The SMILES string of the molecule is COc1ccc2nc(N3CCN(C(=O)c4cc5ccccc5oc4=O)CC3)sc2c1. The molecule has 0 unspecified atom stereocenters. The Kier molecular flexibility index (Phi) is 4.63. The number of amides is 1. The average Bonchev–Trinajstić information content (AvgIpc) is 3.21. The van der Waals surface area contributed by atoms with Crippen LogP contribution in [0.5, 0.6) is 5.75 Å². The summed E-state index contributed by atoms with van der Waals surface area (Å²) in [6.07, 6.45) is 0. The van der Waals surface area contributed by atoms with E-state index in [1.807, 2.05) is 30.3 Å². The number of ether oxygens (including phenoxy) is 1. The van der Waals surface area contributed by atoms with Crippen molar-refractivity contribution >= 4 is 43.6 Å². The van der Waals surface area contributed by atoms with Gasteiger partial charge in [0.05, 0.1) is 17.3 Å². The minimum absolute atomic E-state index is 0.0780. The molecule has 1 amide bonds. The number of thiazole rings is 1. The first-order valence-electron chi connectivity index (χ1n) is 9.64. The molecule has 0 N–H and O–H groups in total. The van der Waals surface area contributed by atoms with Crippen molar-refractivity contribution in [2.24, 2.45) is 0 Å². The van der Waals surface area contributed by atoms with Crippen molar-refractivity contribution in [1.29, 1.82) is 0 Å². The van der Waals surface area contributed by atoms with Gasteiger partial charge in [-0.2, -0.15) is 0 Å². The molecule has 0 atom stereocenters. The smallest absolute Gasteiger partial charge is 0.349 e. The number of carbonyl (C=O) groups is 1. The van der Waals surface area contributed by atoms with Crippen LogP contribution < -0.4 is 15.3 Å². The molecule has 1 saturated heterocycles. The zero-order valence-corrected chi connectivity index (χ0v) is 17.1. The number of hydrogen-bond acceptors (Lipinski definition) is 7. The van der Waals surface area contributed by atoms with E-state index in [2.05, 4.69) is 4.90 Å². The summed E-state index contributed by atoms with van der Waals surface area (Å²) in [5.41, 5.74) is 0.898. The Labute approximate surface area is 176 Å². The van der Waals surface area contributed by atoms with Gasteiger partial charge in [-0.3, -0.25) is 4.79 Å². The number of para-hydroxylation sites is 1. The van der Waals surface area contributed by atoms with Gasteiger partial charge in [0.1, 0.15) is 16.9 Å². The molecule has 1 fully saturated rings. The van der Waals surface area contributed by atoms with Crippen molar-refractivity contribution in [3.8, 4) is 5.75 Å². The van der Waals surface area contributed by atoms with Crippen LogP contribution in [0.3, 0.4) is 0 Å². The molecular formula is C22H19N3O4S. The molecule has 152 valence electrons. The summed E-state index contributed by atoms with van der Waals surface area (Å²) in [6, 6.07) is 14.6. The molecule has 0 aliphatic carbocycles. The summed E-state index contributed by atoms with van der Waals surface area (Å²) in [5.74, 6) is 0.519. The first kappa shape index (κ1) is 18.6. The normalized spacial score (nSPS) is 14.4. The van der Waals surface area contributed by atoms with Crippen LogP contribution in [-0.2, 0) is 0 Å². The van der Waals surface area contributed by atoms with E-state index in [4.69, 9.17) is 14.1 Å². The molecule has 8 heteroatoms. The maximum atomic E-state index is 12.9. The molecule has 30 heavy (non-hydrogen) atoms. The molecule has 3 heterocycles. The summed E-state index contributed by atoms with van der Waals surface area (Å²) in [6.45, 7) is 2.35. The highest BCUT2D eigenvalue weighted by atomic mass is 32.1. The fraction of sp³-hybridized carbons (Fsp3) is 0.227. The molecule has 2 aromatic heterocycles. The van der Waals surface area contributed by atoms with E-state index in [0.717, 1.165) is 26.5 Å². The van der Waals surface area contributed by atoms with Crippen molar-refractivity contribution in [2.45, 2.75) is 0 Å². The lowest BCUT2D eigenvalue weighted by molar-refractivity contribution is 0.0742. The Balaban J connectivity index is 1.33. The lowest BCUT2D eigenvalue weighted by Crippen LogP contribution is -2.49. The predicted octanol–water partition coefficient (Wildman–Crippen LogP) is 3.37. The first-order valence-corrected chi connectivity index (χ1v) is 10.5. The fourth-order valence-corrected chi connectivity index (χ4v) is 4.68. The number of fused-ring (bicyclic) bond motifs is 2. The molecule has 1 aliphatic heterocycles. The van der Waals surface area contributed by atoms with Crippen molar-refractivity contribution in [1.82, 2.24) is 9.88 Å². The Morgan fingerprint density at radius 3 is 2.70 bits per heavy atom. The Bertz CT molecular complexity index is 1300. The largest absolute Gasteiger partial charge is 0.497 e. The highest BCUT2D eigenvalue weighted by Crippen LogP contribution is 2.32. The zero-order valence-electron chi connectivity index (χ0n) is 16.3. The number of hydrogen-bond donors (Lipinski definition) is 0. The minimum atomic E-state index is -0.596. The van der Waals surface area contributed by atoms with E-state index >= 15 is 0 Å². The molecule has 0 spiro atoms. The number of rotatable bonds is 3. The average molecular weight is 421 g/mol. The van der Waals surface area contributed by atoms with Gasteiger partial charge in [0.2, 0.25) is 0 Å². The summed E-state index contributed by atoms with van der Waals surface area (Å²) in [7, 11) is 1.65.